The average molecular weight is 406 g/mol. The van der Waals surface area contributed by atoms with Crippen LogP contribution in [0.15, 0.2) is 40.9 Å². The molecule has 0 saturated carbocycles. The van der Waals surface area contributed by atoms with Gasteiger partial charge in [0.15, 0.2) is 0 Å². The first-order valence-corrected chi connectivity index (χ1v) is 9.72. The number of nitrogens with two attached hydrogens (primary N) is 1. The molecule has 8 heteroatoms. The van der Waals surface area contributed by atoms with Crippen LogP contribution in [0.25, 0.3) is 22.4 Å². The van der Waals surface area contributed by atoms with E-state index in [4.69, 9.17) is 10.3 Å². The highest BCUT2D eigenvalue weighted by Gasteiger charge is 2.23. The van der Waals surface area contributed by atoms with Gasteiger partial charge in [0.1, 0.15) is 5.00 Å². The topological polar surface area (TPSA) is 111 Å². The van der Waals surface area contributed by atoms with Crippen LogP contribution in [-0.2, 0) is 0 Å². The Morgan fingerprint density at radius 2 is 1.86 bits per heavy atom. The number of aromatic nitrogens is 2. The second-order valence-electron chi connectivity index (χ2n) is 6.67. The van der Waals surface area contributed by atoms with Crippen LogP contribution in [0.5, 0.6) is 0 Å². The van der Waals surface area contributed by atoms with Gasteiger partial charge < -0.3 is 15.6 Å². The molecule has 0 atom stereocenters. The van der Waals surface area contributed by atoms with Gasteiger partial charge in [-0.25, -0.2) is 4.98 Å². The van der Waals surface area contributed by atoms with Crippen LogP contribution < -0.4 is 11.1 Å². The summed E-state index contributed by atoms with van der Waals surface area (Å²) in [4.78, 5) is 30.5. The maximum atomic E-state index is 13.2. The summed E-state index contributed by atoms with van der Waals surface area (Å²) in [5.41, 5.74) is 9.27. The Hall–Kier alpha value is -3.52. The molecule has 0 fully saturated rings. The number of primary amides is 1. The normalized spacial score (nSPS) is 11.0. The molecule has 0 spiro atoms. The molecule has 0 radical (unpaired) electrons. The summed E-state index contributed by atoms with van der Waals surface area (Å²) in [5, 5.41) is 7.76. The van der Waals surface area contributed by atoms with E-state index in [1.807, 2.05) is 44.2 Å². The summed E-state index contributed by atoms with van der Waals surface area (Å²) in [6, 6.07) is 11.2. The zero-order valence-corrected chi connectivity index (χ0v) is 16.9. The Kier molecular flexibility index (Phi) is 4.63. The average Bonchev–Trinajstić information content (AvgIpc) is 3.21. The summed E-state index contributed by atoms with van der Waals surface area (Å²) in [6.07, 6.45) is 0. The molecule has 0 aliphatic heterocycles. The molecule has 3 aromatic heterocycles. The van der Waals surface area contributed by atoms with Crippen molar-refractivity contribution in [2.45, 2.75) is 20.8 Å². The molecule has 3 heterocycles. The number of hydrogen-bond donors (Lipinski definition) is 2. The van der Waals surface area contributed by atoms with Gasteiger partial charge in [0.2, 0.25) is 0 Å². The van der Waals surface area contributed by atoms with Gasteiger partial charge in [-0.2, -0.15) is 0 Å². The highest BCUT2D eigenvalue weighted by Crippen LogP contribution is 2.33. The number of aryl methyl sites for hydroxylation is 2. The van der Waals surface area contributed by atoms with Gasteiger partial charge in [0, 0.05) is 10.4 Å². The van der Waals surface area contributed by atoms with E-state index in [2.05, 4.69) is 15.5 Å². The van der Waals surface area contributed by atoms with Crippen molar-refractivity contribution in [3.63, 3.8) is 0 Å². The number of carbonyl (C=O) groups excluding carboxylic acids is 2. The van der Waals surface area contributed by atoms with Gasteiger partial charge in [-0.1, -0.05) is 35.5 Å². The van der Waals surface area contributed by atoms with Crippen molar-refractivity contribution in [3.05, 3.63) is 63.7 Å². The van der Waals surface area contributed by atoms with Crippen molar-refractivity contribution in [2.24, 2.45) is 5.73 Å². The van der Waals surface area contributed by atoms with Crippen LogP contribution in [0.3, 0.4) is 0 Å². The highest BCUT2D eigenvalue weighted by atomic mass is 32.1. The molecule has 29 heavy (non-hydrogen) atoms. The van der Waals surface area contributed by atoms with Crippen molar-refractivity contribution in [1.29, 1.82) is 0 Å². The van der Waals surface area contributed by atoms with Crippen molar-refractivity contribution < 1.29 is 14.1 Å². The third-order valence-corrected chi connectivity index (χ3v) is 5.91. The number of nitrogens with zero attached hydrogens (tertiary/aromatic N) is 2. The van der Waals surface area contributed by atoms with Crippen LogP contribution in [0.1, 0.15) is 36.9 Å². The predicted molar refractivity (Wildman–Crippen MR) is 112 cm³/mol. The van der Waals surface area contributed by atoms with Crippen LogP contribution in [-0.4, -0.2) is 22.0 Å². The van der Waals surface area contributed by atoms with E-state index in [1.54, 1.807) is 13.0 Å². The van der Waals surface area contributed by atoms with E-state index in [1.165, 1.54) is 11.3 Å². The number of thiophene rings is 1. The Balaban J connectivity index is 1.83. The fourth-order valence-corrected chi connectivity index (χ4v) is 4.27. The Morgan fingerprint density at radius 3 is 2.55 bits per heavy atom. The molecule has 0 aliphatic rings. The number of rotatable bonds is 4. The summed E-state index contributed by atoms with van der Waals surface area (Å²) in [7, 11) is 0. The predicted octanol–water partition coefficient (Wildman–Crippen LogP) is 4.23. The number of anilines is 1. The van der Waals surface area contributed by atoms with Crippen molar-refractivity contribution in [2.75, 3.05) is 5.32 Å². The van der Waals surface area contributed by atoms with Gasteiger partial charge >= 0.3 is 0 Å². The molecule has 4 aromatic rings. The van der Waals surface area contributed by atoms with Crippen LogP contribution in [0, 0.1) is 20.8 Å². The van der Waals surface area contributed by atoms with Crippen LogP contribution in [0.2, 0.25) is 0 Å². The molecule has 4 rings (SSSR count). The van der Waals surface area contributed by atoms with Gasteiger partial charge in [-0.3, -0.25) is 9.59 Å². The minimum atomic E-state index is -0.576. The van der Waals surface area contributed by atoms with E-state index in [0.717, 1.165) is 16.0 Å². The fraction of sp³-hybridized carbons (Fsp3) is 0.143. The molecule has 0 aliphatic carbocycles. The van der Waals surface area contributed by atoms with Crippen LogP contribution >= 0.6 is 11.3 Å². The van der Waals surface area contributed by atoms with Gasteiger partial charge in [-0.15, -0.1) is 11.3 Å². The Morgan fingerprint density at radius 1 is 1.14 bits per heavy atom. The summed E-state index contributed by atoms with van der Waals surface area (Å²) < 4.78 is 5.32. The Bertz CT molecular complexity index is 1260. The lowest BCUT2D eigenvalue weighted by atomic mass is 10.0. The third kappa shape index (κ3) is 3.27. The van der Waals surface area contributed by atoms with E-state index in [0.29, 0.717) is 32.9 Å². The number of hydrogen-bond acceptors (Lipinski definition) is 6. The number of pyridine rings is 1. The van der Waals surface area contributed by atoms with Gasteiger partial charge in [-0.05, 0) is 32.4 Å². The van der Waals surface area contributed by atoms with E-state index >= 15 is 0 Å². The molecule has 0 unspecified atom stereocenters. The summed E-state index contributed by atoms with van der Waals surface area (Å²) in [6.45, 7) is 5.44. The molecule has 1 aromatic carbocycles. The molecule has 0 bridgehead atoms. The van der Waals surface area contributed by atoms with Gasteiger partial charge in [0.25, 0.3) is 17.5 Å². The zero-order valence-electron chi connectivity index (χ0n) is 16.1. The molecular weight excluding hydrogens is 388 g/mol. The lowest BCUT2D eigenvalue weighted by molar-refractivity contribution is 0.100. The van der Waals surface area contributed by atoms with Crippen molar-refractivity contribution in [3.8, 4) is 11.3 Å². The smallest absolute Gasteiger partial charge is 0.259 e. The highest BCUT2D eigenvalue weighted by molar-refractivity contribution is 7.16. The molecule has 3 N–H and O–H groups in total. The fourth-order valence-electron chi connectivity index (χ4n) is 3.21. The van der Waals surface area contributed by atoms with Gasteiger partial charge in [0.05, 0.1) is 27.9 Å². The molecule has 2 amide bonds. The van der Waals surface area contributed by atoms with E-state index < -0.39 is 5.91 Å². The molecular formula is C21H18N4O3S. The van der Waals surface area contributed by atoms with E-state index in [-0.39, 0.29) is 11.6 Å². The maximum absolute atomic E-state index is 13.2. The minimum absolute atomic E-state index is 0.280. The number of nitrogens with one attached hydrogen (secondary N) is 1. The maximum Gasteiger partial charge on any atom is 0.259 e. The summed E-state index contributed by atoms with van der Waals surface area (Å²) >= 11 is 1.32. The standard InChI is InChI=1S/C21H18N4O3S/c1-10-12(3)29-21(16(10)18(22)26)24-19(27)14-9-15(13-7-5-4-6-8-13)23-20-17(14)11(2)25-28-20/h4-9H,1-3H3,(H2,22,26)(H,24,27). The zero-order chi connectivity index (χ0) is 20.7. The number of benzene rings is 1. The quantitative estimate of drug-likeness (QED) is 0.527. The first-order valence-electron chi connectivity index (χ1n) is 8.90. The minimum Gasteiger partial charge on any atom is -0.365 e. The van der Waals surface area contributed by atoms with Crippen molar-refractivity contribution >= 4 is 39.3 Å². The van der Waals surface area contributed by atoms with Crippen LogP contribution in [0.4, 0.5) is 5.00 Å². The lowest BCUT2D eigenvalue weighted by Gasteiger charge is -2.08. The summed E-state index contributed by atoms with van der Waals surface area (Å²) in [5.74, 6) is -0.960. The monoisotopic (exact) mass is 406 g/mol. The Labute approximate surface area is 170 Å². The molecule has 146 valence electrons. The second-order valence-corrected chi connectivity index (χ2v) is 7.90. The lowest BCUT2D eigenvalue weighted by Crippen LogP contribution is -2.18. The van der Waals surface area contributed by atoms with E-state index in [9.17, 15) is 9.59 Å². The first-order chi connectivity index (χ1) is 13.9. The first kappa shape index (κ1) is 18.8. The SMILES string of the molecule is Cc1sc(NC(=O)c2cc(-c3ccccc3)nc3onc(C)c23)c(C(N)=O)c1C. The molecule has 7 nitrogen and oxygen atoms in total. The third-order valence-electron chi connectivity index (χ3n) is 4.79. The molecule has 0 saturated heterocycles. The second kappa shape index (κ2) is 7.14. The van der Waals surface area contributed by atoms with Crippen molar-refractivity contribution in [1.82, 2.24) is 10.1 Å². The number of fused-ring (bicyclic) bond motifs is 1. The largest absolute Gasteiger partial charge is 0.365 e. The number of carbonyl (C=O) groups is 2. The number of amides is 2.